The smallest absolute Gasteiger partial charge is 0.273 e. The van der Waals surface area contributed by atoms with Crippen molar-refractivity contribution in [2.45, 2.75) is 19.4 Å². The molecule has 0 saturated carbocycles. The molecule has 0 spiro atoms. The number of nitrogens with zero attached hydrogens (tertiary/aromatic N) is 1. The van der Waals surface area contributed by atoms with Gasteiger partial charge in [0.2, 0.25) is 5.91 Å². The van der Waals surface area contributed by atoms with Gasteiger partial charge in [0.15, 0.2) is 0 Å². The van der Waals surface area contributed by atoms with Crippen LogP contribution in [0.5, 0.6) is 0 Å². The van der Waals surface area contributed by atoms with Crippen molar-refractivity contribution in [1.29, 1.82) is 0 Å². The van der Waals surface area contributed by atoms with E-state index in [1.54, 1.807) is 49.4 Å². The van der Waals surface area contributed by atoms with Crippen LogP contribution in [0.4, 0.5) is 11.4 Å². The number of nitro groups is 1. The van der Waals surface area contributed by atoms with Gasteiger partial charge in [-0.1, -0.05) is 36.4 Å². The summed E-state index contributed by atoms with van der Waals surface area (Å²) in [6, 6.07) is 13.0. The minimum atomic E-state index is -0.720. The van der Waals surface area contributed by atoms with Crippen molar-refractivity contribution in [1.82, 2.24) is 0 Å². The first-order valence-corrected chi connectivity index (χ1v) is 6.78. The molecular weight excluding hydrogens is 284 g/mol. The molecule has 0 radical (unpaired) electrons. The molecule has 22 heavy (non-hydrogen) atoms. The van der Waals surface area contributed by atoms with E-state index in [2.05, 4.69) is 5.32 Å². The average molecular weight is 300 g/mol. The predicted octanol–water partition coefficient (Wildman–Crippen LogP) is 2.83. The summed E-state index contributed by atoms with van der Waals surface area (Å²) in [7, 11) is 0. The van der Waals surface area contributed by atoms with Gasteiger partial charge in [-0.2, -0.15) is 0 Å². The molecule has 0 heterocycles. The van der Waals surface area contributed by atoms with Crippen LogP contribution in [0.1, 0.15) is 24.2 Å². The summed E-state index contributed by atoms with van der Waals surface area (Å²) in [5.74, 6) is -0.373. The third-order valence-corrected chi connectivity index (χ3v) is 3.22. The van der Waals surface area contributed by atoms with E-state index in [9.17, 15) is 20.0 Å². The molecule has 0 aliphatic rings. The highest BCUT2D eigenvalue weighted by molar-refractivity contribution is 5.93. The molecule has 1 unspecified atom stereocenters. The Balaban J connectivity index is 2.17. The van der Waals surface area contributed by atoms with Crippen LogP contribution in [0.15, 0.2) is 48.5 Å². The van der Waals surface area contributed by atoms with Gasteiger partial charge in [-0.25, -0.2) is 0 Å². The van der Waals surface area contributed by atoms with Crippen LogP contribution >= 0.6 is 0 Å². The van der Waals surface area contributed by atoms with E-state index in [4.69, 9.17) is 0 Å². The molecule has 0 aromatic heterocycles. The molecule has 6 nitrogen and oxygen atoms in total. The lowest BCUT2D eigenvalue weighted by Crippen LogP contribution is -2.16. The van der Waals surface area contributed by atoms with Gasteiger partial charge in [-0.05, 0) is 13.0 Å². The topological polar surface area (TPSA) is 92.5 Å². The van der Waals surface area contributed by atoms with Crippen LogP contribution in [0, 0.1) is 10.1 Å². The molecule has 0 aliphatic carbocycles. The van der Waals surface area contributed by atoms with Crippen molar-refractivity contribution >= 4 is 17.3 Å². The number of carbonyl (C=O) groups excluding carboxylic acids is 1. The average Bonchev–Trinajstić information content (AvgIpc) is 2.47. The van der Waals surface area contributed by atoms with Crippen LogP contribution in [0.2, 0.25) is 0 Å². The zero-order chi connectivity index (χ0) is 16.1. The molecule has 2 N–H and O–H groups in total. The number of carbonyl (C=O) groups is 1. The van der Waals surface area contributed by atoms with Gasteiger partial charge >= 0.3 is 0 Å². The summed E-state index contributed by atoms with van der Waals surface area (Å²) in [6.07, 6.45) is -0.826. The Morgan fingerprint density at radius 3 is 2.55 bits per heavy atom. The van der Waals surface area contributed by atoms with E-state index in [-0.39, 0.29) is 18.0 Å². The maximum absolute atomic E-state index is 12.1. The predicted molar refractivity (Wildman–Crippen MR) is 82.5 cm³/mol. The van der Waals surface area contributed by atoms with E-state index in [0.717, 1.165) is 0 Å². The fourth-order valence-electron chi connectivity index (χ4n) is 2.18. The van der Waals surface area contributed by atoms with Gasteiger partial charge in [0.1, 0.15) is 0 Å². The van der Waals surface area contributed by atoms with Gasteiger partial charge in [0, 0.05) is 22.9 Å². The summed E-state index contributed by atoms with van der Waals surface area (Å²) in [5.41, 5.74) is 1.36. The van der Waals surface area contributed by atoms with Crippen molar-refractivity contribution in [2.24, 2.45) is 0 Å². The van der Waals surface area contributed by atoms with Gasteiger partial charge in [-0.15, -0.1) is 0 Å². The normalized spacial score (nSPS) is 11.7. The first-order chi connectivity index (χ1) is 10.5. The maximum Gasteiger partial charge on any atom is 0.273 e. The summed E-state index contributed by atoms with van der Waals surface area (Å²) in [4.78, 5) is 22.6. The van der Waals surface area contributed by atoms with E-state index in [1.165, 1.54) is 6.07 Å². The number of amides is 1. The van der Waals surface area contributed by atoms with Gasteiger partial charge < -0.3 is 10.4 Å². The van der Waals surface area contributed by atoms with Gasteiger partial charge in [0.05, 0.1) is 17.4 Å². The zero-order valence-electron chi connectivity index (χ0n) is 12.0. The quantitative estimate of drug-likeness (QED) is 0.656. The highest BCUT2D eigenvalue weighted by Crippen LogP contribution is 2.23. The molecular formula is C16H16N2O4. The summed E-state index contributed by atoms with van der Waals surface area (Å²) in [5, 5.41) is 23.3. The molecule has 2 aromatic carbocycles. The van der Waals surface area contributed by atoms with E-state index in [1.807, 2.05) is 0 Å². The largest absolute Gasteiger partial charge is 0.389 e. The molecule has 1 amide bonds. The fraction of sp³-hybridized carbons (Fsp3) is 0.188. The Bertz CT molecular complexity index is 698. The number of aliphatic hydroxyl groups excluding tert-OH is 1. The number of hydrogen-bond donors (Lipinski definition) is 2. The molecule has 6 heteroatoms. The van der Waals surface area contributed by atoms with Crippen molar-refractivity contribution in [3.8, 4) is 0 Å². The Labute approximate surface area is 127 Å². The monoisotopic (exact) mass is 300 g/mol. The SMILES string of the molecule is CC(O)c1ccccc1NC(=O)Cc1ccccc1[N+](=O)[O-]. The number of aliphatic hydroxyl groups is 1. The molecule has 2 rings (SSSR count). The molecule has 0 saturated heterocycles. The molecule has 0 aliphatic heterocycles. The number of anilines is 1. The minimum absolute atomic E-state index is 0.0820. The van der Waals surface area contributed by atoms with Gasteiger partial charge in [-0.3, -0.25) is 14.9 Å². The van der Waals surface area contributed by atoms with Crippen LogP contribution in [-0.2, 0) is 11.2 Å². The third-order valence-electron chi connectivity index (χ3n) is 3.22. The van der Waals surface area contributed by atoms with Gasteiger partial charge in [0.25, 0.3) is 5.69 Å². The highest BCUT2D eigenvalue weighted by atomic mass is 16.6. The van der Waals surface area contributed by atoms with Crippen molar-refractivity contribution in [2.75, 3.05) is 5.32 Å². The second-order valence-corrected chi connectivity index (χ2v) is 4.87. The lowest BCUT2D eigenvalue weighted by atomic mass is 10.1. The number of rotatable bonds is 5. The first-order valence-electron chi connectivity index (χ1n) is 6.78. The number of benzene rings is 2. The number of hydrogen-bond acceptors (Lipinski definition) is 4. The molecule has 0 fully saturated rings. The number of nitro benzene ring substituents is 1. The molecule has 2 aromatic rings. The Hall–Kier alpha value is -2.73. The van der Waals surface area contributed by atoms with Crippen molar-refractivity contribution in [3.63, 3.8) is 0 Å². The summed E-state index contributed by atoms with van der Waals surface area (Å²) >= 11 is 0. The van der Waals surface area contributed by atoms with Crippen molar-refractivity contribution < 1.29 is 14.8 Å². The standard InChI is InChI=1S/C16H16N2O4/c1-11(19)13-7-3-4-8-14(13)17-16(20)10-12-6-2-5-9-15(12)18(21)22/h2-9,11,19H,10H2,1H3,(H,17,20). The molecule has 114 valence electrons. The van der Waals surface area contributed by atoms with Crippen LogP contribution in [-0.4, -0.2) is 15.9 Å². The molecule has 0 bridgehead atoms. The lowest BCUT2D eigenvalue weighted by molar-refractivity contribution is -0.385. The van der Waals surface area contributed by atoms with Crippen LogP contribution in [0.3, 0.4) is 0 Å². The second kappa shape index (κ2) is 6.82. The fourth-order valence-corrected chi connectivity index (χ4v) is 2.18. The third kappa shape index (κ3) is 3.67. The van der Waals surface area contributed by atoms with E-state index < -0.39 is 11.0 Å². The zero-order valence-corrected chi connectivity index (χ0v) is 12.0. The Morgan fingerprint density at radius 2 is 1.86 bits per heavy atom. The second-order valence-electron chi connectivity index (χ2n) is 4.87. The highest BCUT2D eigenvalue weighted by Gasteiger charge is 2.16. The minimum Gasteiger partial charge on any atom is -0.389 e. The number of nitrogens with one attached hydrogen (secondary N) is 1. The lowest BCUT2D eigenvalue weighted by Gasteiger charge is -2.13. The summed E-state index contributed by atoms with van der Waals surface area (Å²) < 4.78 is 0. The maximum atomic E-state index is 12.1. The van der Waals surface area contributed by atoms with E-state index >= 15 is 0 Å². The van der Waals surface area contributed by atoms with E-state index in [0.29, 0.717) is 16.8 Å². The first kappa shape index (κ1) is 15.7. The Kier molecular flexibility index (Phi) is 4.85. The summed E-state index contributed by atoms with van der Waals surface area (Å²) in [6.45, 7) is 1.60. The van der Waals surface area contributed by atoms with Crippen LogP contribution < -0.4 is 5.32 Å². The molecule has 1 atom stereocenters. The van der Waals surface area contributed by atoms with Crippen LogP contribution in [0.25, 0.3) is 0 Å². The number of para-hydroxylation sites is 2. The Morgan fingerprint density at radius 1 is 1.23 bits per heavy atom. The van der Waals surface area contributed by atoms with Crippen molar-refractivity contribution in [3.05, 3.63) is 69.8 Å².